The Hall–Kier alpha value is -4.60. The highest BCUT2D eigenvalue weighted by molar-refractivity contribution is 7.25. The van der Waals surface area contributed by atoms with E-state index in [4.69, 9.17) is 9.97 Å². The average molecular weight is 489 g/mol. The first-order chi connectivity index (χ1) is 18.3. The minimum Gasteiger partial charge on any atom is -0.252 e. The Morgan fingerprint density at radius 1 is 0.432 bits per heavy atom. The van der Waals surface area contributed by atoms with Gasteiger partial charge in [-0.25, -0.2) is 4.98 Å². The molecule has 172 valence electrons. The van der Waals surface area contributed by atoms with Crippen molar-refractivity contribution in [3.05, 3.63) is 121 Å². The molecule has 8 aromatic rings. The fourth-order valence-electron chi connectivity index (χ4n) is 5.50. The molecule has 0 fully saturated rings. The Kier molecular flexibility index (Phi) is 4.42. The lowest BCUT2D eigenvalue weighted by molar-refractivity contribution is 1.31. The lowest BCUT2D eigenvalue weighted by atomic mass is 9.99. The zero-order valence-corrected chi connectivity index (χ0v) is 20.7. The van der Waals surface area contributed by atoms with Gasteiger partial charge < -0.3 is 0 Å². The molecule has 0 unspecified atom stereocenters. The molecule has 2 heterocycles. The first-order valence-corrected chi connectivity index (χ1v) is 13.2. The number of fused-ring (bicyclic) bond motifs is 9. The van der Waals surface area contributed by atoms with Crippen molar-refractivity contribution in [1.82, 2.24) is 9.97 Å². The van der Waals surface area contributed by atoms with Crippen molar-refractivity contribution in [2.24, 2.45) is 0 Å². The maximum atomic E-state index is 5.13. The molecule has 0 saturated heterocycles. The van der Waals surface area contributed by atoms with E-state index in [1.165, 1.54) is 42.1 Å². The highest BCUT2D eigenvalue weighted by atomic mass is 32.1. The molecule has 0 aliphatic heterocycles. The molecule has 6 aromatic carbocycles. The summed E-state index contributed by atoms with van der Waals surface area (Å²) in [5.74, 6) is 0. The van der Waals surface area contributed by atoms with Crippen LogP contribution in [0.2, 0.25) is 0 Å². The van der Waals surface area contributed by atoms with Gasteiger partial charge in [-0.3, -0.25) is 4.98 Å². The van der Waals surface area contributed by atoms with Crippen LogP contribution in [0.1, 0.15) is 0 Å². The van der Waals surface area contributed by atoms with E-state index in [0.29, 0.717) is 0 Å². The zero-order valence-electron chi connectivity index (χ0n) is 19.8. The van der Waals surface area contributed by atoms with Crippen molar-refractivity contribution in [2.45, 2.75) is 0 Å². The van der Waals surface area contributed by atoms with Gasteiger partial charge in [0.2, 0.25) is 0 Å². The predicted octanol–water partition coefficient (Wildman–Crippen LogP) is 9.64. The molecule has 37 heavy (non-hydrogen) atoms. The van der Waals surface area contributed by atoms with Gasteiger partial charge in [-0.05, 0) is 40.1 Å². The number of aromatic nitrogens is 2. The molecule has 0 N–H and O–H groups in total. The molecular weight excluding hydrogens is 468 g/mol. The molecule has 3 heteroatoms. The lowest BCUT2D eigenvalue weighted by Gasteiger charge is -2.10. The van der Waals surface area contributed by atoms with Gasteiger partial charge in [-0.2, -0.15) is 0 Å². The van der Waals surface area contributed by atoms with Gasteiger partial charge in [0.1, 0.15) is 0 Å². The first-order valence-electron chi connectivity index (χ1n) is 12.4. The standard InChI is InChI=1S/C34H20N2S/c1-3-10-27-24(7-1)25-8-2-4-11-28(25)34-33(27)35-20-30(36-34)22-15-13-21(14-16-22)23-17-18-32-29(19-23)26-9-5-6-12-31(26)37-32/h1-20H. The summed E-state index contributed by atoms with van der Waals surface area (Å²) in [5.41, 5.74) is 6.28. The Bertz CT molecular complexity index is 2100. The molecule has 0 saturated carbocycles. The number of benzene rings is 6. The summed E-state index contributed by atoms with van der Waals surface area (Å²) in [6, 6.07) is 41.1. The topological polar surface area (TPSA) is 25.8 Å². The summed E-state index contributed by atoms with van der Waals surface area (Å²) in [6.45, 7) is 0. The molecule has 0 spiro atoms. The number of rotatable bonds is 2. The number of hydrogen-bond donors (Lipinski definition) is 0. The summed E-state index contributed by atoms with van der Waals surface area (Å²) >= 11 is 1.85. The monoisotopic (exact) mass is 488 g/mol. The summed E-state index contributed by atoms with van der Waals surface area (Å²) in [6.07, 6.45) is 1.90. The van der Waals surface area contributed by atoms with Gasteiger partial charge >= 0.3 is 0 Å². The van der Waals surface area contributed by atoms with Crippen LogP contribution in [-0.2, 0) is 0 Å². The van der Waals surface area contributed by atoms with Crippen LogP contribution in [0.25, 0.3) is 75.1 Å². The lowest BCUT2D eigenvalue weighted by Crippen LogP contribution is -1.92. The largest absolute Gasteiger partial charge is 0.252 e. The SMILES string of the molecule is c1ccc2c(c1)sc1ccc(-c3ccc(-c4cnc5c6ccccc6c6ccccc6c5n4)cc3)cc12. The van der Waals surface area contributed by atoms with Crippen LogP contribution >= 0.6 is 11.3 Å². The molecule has 0 aliphatic rings. The van der Waals surface area contributed by atoms with Gasteiger partial charge in [0, 0.05) is 36.5 Å². The van der Waals surface area contributed by atoms with E-state index in [9.17, 15) is 0 Å². The Morgan fingerprint density at radius 3 is 1.76 bits per heavy atom. The molecule has 2 nitrogen and oxygen atoms in total. The van der Waals surface area contributed by atoms with Crippen molar-refractivity contribution in [1.29, 1.82) is 0 Å². The second-order valence-electron chi connectivity index (χ2n) is 9.43. The highest BCUT2D eigenvalue weighted by Gasteiger charge is 2.12. The van der Waals surface area contributed by atoms with E-state index < -0.39 is 0 Å². The van der Waals surface area contributed by atoms with Crippen LogP contribution in [0.4, 0.5) is 0 Å². The van der Waals surface area contributed by atoms with Crippen molar-refractivity contribution in [2.75, 3.05) is 0 Å². The summed E-state index contributed by atoms with van der Waals surface area (Å²) in [7, 11) is 0. The smallest absolute Gasteiger partial charge is 0.0979 e. The van der Waals surface area contributed by atoms with E-state index >= 15 is 0 Å². The van der Waals surface area contributed by atoms with Gasteiger partial charge in [0.15, 0.2) is 0 Å². The molecule has 8 rings (SSSR count). The second-order valence-corrected chi connectivity index (χ2v) is 10.5. The molecule has 0 radical (unpaired) electrons. The zero-order chi connectivity index (χ0) is 24.3. The van der Waals surface area contributed by atoms with Crippen LogP contribution in [0.5, 0.6) is 0 Å². The van der Waals surface area contributed by atoms with E-state index in [1.54, 1.807) is 0 Å². The third-order valence-electron chi connectivity index (χ3n) is 7.32. The third-order valence-corrected chi connectivity index (χ3v) is 8.47. The summed E-state index contributed by atoms with van der Waals surface area (Å²) in [5, 5.41) is 7.35. The van der Waals surface area contributed by atoms with Crippen LogP contribution in [0.15, 0.2) is 121 Å². The Balaban J connectivity index is 1.24. The van der Waals surface area contributed by atoms with Crippen LogP contribution in [0, 0.1) is 0 Å². The Morgan fingerprint density at radius 2 is 1.00 bits per heavy atom. The van der Waals surface area contributed by atoms with Crippen LogP contribution in [-0.4, -0.2) is 9.97 Å². The van der Waals surface area contributed by atoms with Crippen LogP contribution < -0.4 is 0 Å². The minimum absolute atomic E-state index is 0.888. The Labute approximate surface area is 217 Å². The second kappa shape index (κ2) is 7.95. The van der Waals surface area contributed by atoms with Gasteiger partial charge in [-0.1, -0.05) is 97.1 Å². The van der Waals surface area contributed by atoms with E-state index in [-0.39, 0.29) is 0 Å². The predicted molar refractivity (Wildman–Crippen MR) is 158 cm³/mol. The molecule has 2 aromatic heterocycles. The van der Waals surface area contributed by atoms with E-state index in [1.807, 2.05) is 17.5 Å². The molecule has 0 aliphatic carbocycles. The van der Waals surface area contributed by atoms with E-state index in [0.717, 1.165) is 33.1 Å². The van der Waals surface area contributed by atoms with Crippen molar-refractivity contribution in [3.63, 3.8) is 0 Å². The fourth-order valence-corrected chi connectivity index (χ4v) is 6.59. The van der Waals surface area contributed by atoms with Crippen molar-refractivity contribution in [3.8, 4) is 22.4 Å². The van der Waals surface area contributed by atoms with Gasteiger partial charge in [0.05, 0.1) is 22.9 Å². The average Bonchev–Trinajstić information content (AvgIpc) is 3.35. The maximum absolute atomic E-state index is 5.13. The van der Waals surface area contributed by atoms with Gasteiger partial charge in [0.25, 0.3) is 0 Å². The molecule has 0 bridgehead atoms. The summed E-state index contributed by atoms with van der Waals surface area (Å²) < 4.78 is 2.66. The molecule has 0 amide bonds. The molecular formula is C34H20N2S. The number of thiophene rings is 1. The summed E-state index contributed by atoms with van der Waals surface area (Å²) in [4.78, 5) is 10.0. The number of hydrogen-bond acceptors (Lipinski definition) is 3. The van der Waals surface area contributed by atoms with Gasteiger partial charge in [-0.15, -0.1) is 11.3 Å². The highest BCUT2D eigenvalue weighted by Crippen LogP contribution is 2.37. The quantitative estimate of drug-likeness (QED) is 0.226. The van der Waals surface area contributed by atoms with Crippen LogP contribution in [0.3, 0.4) is 0 Å². The fraction of sp³-hybridized carbons (Fsp3) is 0. The number of nitrogens with zero attached hydrogens (tertiary/aromatic N) is 2. The van der Waals surface area contributed by atoms with E-state index in [2.05, 4.69) is 115 Å². The maximum Gasteiger partial charge on any atom is 0.0979 e. The normalized spacial score (nSPS) is 11.8. The first kappa shape index (κ1) is 20.6. The third kappa shape index (κ3) is 3.18. The van der Waals surface area contributed by atoms with Crippen molar-refractivity contribution >= 4 is 64.1 Å². The minimum atomic E-state index is 0.888. The van der Waals surface area contributed by atoms with Crippen molar-refractivity contribution < 1.29 is 0 Å². The molecule has 0 atom stereocenters.